The fraction of sp³-hybridized carbons (Fsp3) is 0.227. The predicted molar refractivity (Wildman–Crippen MR) is 116 cm³/mol. The Labute approximate surface area is 177 Å². The van der Waals surface area contributed by atoms with Crippen LogP contribution >= 0.6 is 0 Å². The molecule has 0 aliphatic heterocycles. The average Bonchev–Trinajstić information content (AvgIpc) is 3.10. The van der Waals surface area contributed by atoms with Gasteiger partial charge in [-0.3, -0.25) is 14.6 Å². The smallest absolute Gasteiger partial charge is 0.342 e. The minimum absolute atomic E-state index is 0.0529. The lowest BCUT2D eigenvalue weighted by molar-refractivity contribution is -0.121. The molecule has 2 heterocycles. The number of aromatic amines is 2. The quantitative estimate of drug-likeness (QED) is 0.418. The van der Waals surface area contributed by atoms with Gasteiger partial charge in [-0.2, -0.15) is 5.10 Å². The van der Waals surface area contributed by atoms with E-state index in [0.717, 1.165) is 22.4 Å². The molecule has 1 amide bonds. The molecule has 31 heavy (non-hydrogen) atoms. The van der Waals surface area contributed by atoms with Crippen LogP contribution in [0.5, 0.6) is 0 Å². The van der Waals surface area contributed by atoms with Crippen LogP contribution in [0.15, 0.2) is 64.2 Å². The number of carbonyl (C=O) groups excluding carboxylic acids is 1. The van der Waals surface area contributed by atoms with Gasteiger partial charge in [-0.15, -0.1) is 0 Å². The van der Waals surface area contributed by atoms with Crippen LogP contribution in [0, 0.1) is 0 Å². The van der Waals surface area contributed by atoms with E-state index in [1.807, 2.05) is 66.2 Å². The predicted octanol–water partition coefficient (Wildman–Crippen LogP) is 1.38. The summed E-state index contributed by atoms with van der Waals surface area (Å²) in [6.45, 7) is 0. The summed E-state index contributed by atoms with van der Waals surface area (Å²) in [5, 5.41) is 8.95. The van der Waals surface area contributed by atoms with Crippen molar-refractivity contribution in [3.8, 4) is 0 Å². The number of para-hydroxylation sites is 2. The fourth-order valence-corrected chi connectivity index (χ4v) is 3.57. The summed E-state index contributed by atoms with van der Waals surface area (Å²) in [5.74, 6) is 0.513. The monoisotopic (exact) mass is 418 g/mol. The molecule has 0 aliphatic rings. The summed E-state index contributed by atoms with van der Waals surface area (Å²) < 4.78 is 1.98. The first-order valence-corrected chi connectivity index (χ1v) is 9.94. The van der Waals surface area contributed by atoms with Crippen molar-refractivity contribution in [3.05, 3.63) is 92.5 Å². The molecule has 0 aliphatic carbocycles. The highest BCUT2D eigenvalue weighted by molar-refractivity contribution is 5.78. The first-order chi connectivity index (χ1) is 15.0. The Kier molecular flexibility index (Phi) is 5.74. The van der Waals surface area contributed by atoms with Crippen molar-refractivity contribution in [2.24, 2.45) is 7.05 Å². The molecule has 4 rings (SSSR count). The second-order valence-electron chi connectivity index (χ2n) is 7.28. The van der Waals surface area contributed by atoms with E-state index >= 15 is 0 Å². The zero-order valence-electron chi connectivity index (χ0n) is 17.0. The highest BCUT2D eigenvalue weighted by Crippen LogP contribution is 2.22. The first kappa shape index (κ1) is 20.3. The van der Waals surface area contributed by atoms with Gasteiger partial charge in [0.25, 0.3) is 5.56 Å². The van der Waals surface area contributed by atoms with Gasteiger partial charge in [0.2, 0.25) is 5.91 Å². The van der Waals surface area contributed by atoms with Crippen LogP contribution in [0.3, 0.4) is 0 Å². The van der Waals surface area contributed by atoms with Crippen molar-refractivity contribution in [3.63, 3.8) is 0 Å². The number of amides is 1. The van der Waals surface area contributed by atoms with Gasteiger partial charge >= 0.3 is 5.69 Å². The molecule has 9 heteroatoms. The number of hydrogen-bond donors (Lipinski definition) is 3. The van der Waals surface area contributed by atoms with Crippen molar-refractivity contribution in [1.82, 2.24) is 30.0 Å². The van der Waals surface area contributed by atoms with Crippen molar-refractivity contribution in [2.75, 3.05) is 0 Å². The maximum atomic E-state index is 12.7. The van der Waals surface area contributed by atoms with Crippen molar-refractivity contribution in [1.29, 1.82) is 0 Å². The van der Waals surface area contributed by atoms with Crippen LogP contribution in [-0.4, -0.2) is 30.6 Å². The Morgan fingerprint density at radius 1 is 1.10 bits per heavy atom. The molecule has 0 fully saturated rings. The summed E-state index contributed by atoms with van der Waals surface area (Å²) >= 11 is 0. The topological polar surface area (TPSA) is 126 Å². The molecule has 4 aromatic rings. The molecule has 0 unspecified atom stereocenters. The number of benzene rings is 2. The van der Waals surface area contributed by atoms with E-state index < -0.39 is 11.2 Å². The summed E-state index contributed by atoms with van der Waals surface area (Å²) in [6, 6.07) is 17.3. The molecule has 0 saturated carbocycles. The lowest BCUT2D eigenvalue weighted by Gasteiger charge is -2.19. The van der Waals surface area contributed by atoms with Gasteiger partial charge in [0.1, 0.15) is 11.5 Å². The second-order valence-corrected chi connectivity index (χ2v) is 7.28. The molecule has 0 radical (unpaired) electrons. The number of aromatic nitrogens is 5. The van der Waals surface area contributed by atoms with Gasteiger partial charge < -0.3 is 9.88 Å². The van der Waals surface area contributed by atoms with E-state index in [9.17, 15) is 14.4 Å². The fourth-order valence-electron chi connectivity index (χ4n) is 3.57. The average molecular weight is 418 g/mol. The van der Waals surface area contributed by atoms with Gasteiger partial charge in [-0.1, -0.05) is 42.5 Å². The third-order valence-corrected chi connectivity index (χ3v) is 5.12. The molecular weight excluding hydrogens is 396 g/mol. The Hall–Kier alpha value is -4.01. The molecule has 158 valence electrons. The normalized spacial score (nSPS) is 12.0. The van der Waals surface area contributed by atoms with Crippen molar-refractivity contribution in [2.45, 2.75) is 25.3 Å². The third-order valence-electron chi connectivity index (χ3n) is 5.12. The molecule has 3 N–H and O–H groups in total. The minimum atomic E-state index is -0.678. The van der Waals surface area contributed by atoms with Gasteiger partial charge in [-0.05, 0) is 24.1 Å². The largest absolute Gasteiger partial charge is 0.346 e. The molecule has 2 aromatic heterocycles. The van der Waals surface area contributed by atoms with E-state index in [2.05, 4.69) is 20.5 Å². The number of H-pyrrole nitrogens is 2. The Morgan fingerprint density at radius 3 is 2.58 bits per heavy atom. The molecule has 0 spiro atoms. The van der Waals surface area contributed by atoms with E-state index in [1.54, 1.807) is 0 Å². The van der Waals surface area contributed by atoms with Crippen LogP contribution < -0.4 is 16.6 Å². The maximum Gasteiger partial charge on any atom is 0.342 e. The molecule has 2 aromatic carbocycles. The first-order valence-electron chi connectivity index (χ1n) is 9.94. The second kappa shape index (κ2) is 8.78. The Morgan fingerprint density at radius 2 is 1.84 bits per heavy atom. The van der Waals surface area contributed by atoms with Crippen LogP contribution in [0.25, 0.3) is 11.0 Å². The van der Waals surface area contributed by atoms with Gasteiger partial charge in [0.05, 0.1) is 17.1 Å². The highest BCUT2D eigenvalue weighted by atomic mass is 16.2. The van der Waals surface area contributed by atoms with Crippen molar-refractivity contribution >= 4 is 16.9 Å². The van der Waals surface area contributed by atoms with Gasteiger partial charge in [0, 0.05) is 19.9 Å². The number of fused-ring (bicyclic) bond motifs is 1. The molecule has 0 saturated heterocycles. The summed E-state index contributed by atoms with van der Waals surface area (Å²) in [4.78, 5) is 42.5. The number of nitrogens with zero attached hydrogens (tertiary/aromatic N) is 3. The minimum Gasteiger partial charge on any atom is -0.346 e. The summed E-state index contributed by atoms with van der Waals surface area (Å²) in [7, 11) is 1.93. The number of rotatable bonds is 7. The molecule has 9 nitrogen and oxygen atoms in total. The van der Waals surface area contributed by atoms with Gasteiger partial charge in [0.15, 0.2) is 0 Å². The number of nitrogens with one attached hydrogen (secondary N) is 3. The number of imidazole rings is 1. The SMILES string of the molecule is Cn1c([C@H](Cc2ccccc2)NC(=O)CCc2n[nH]c(=O)[nH]c2=O)nc2ccccc21. The third kappa shape index (κ3) is 4.61. The van der Waals surface area contributed by atoms with Crippen LogP contribution in [0.4, 0.5) is 0 Å². The molecular formula is C22H22N6O3. The van der Waals surface area contributed by atoms with Crippen LogP contribution in [0.2, 0.25) is 0 Å². The highest BCUT2D eigenvalue weighted by Gasteiger charge is 2.21. The van der Waals surface area contributed by atoms with E-state index in [0.29, 0.717) is 6.42 Å². The van der Waals surface area contributed by atoms with Crippen LogP contribution in [0.1, 0.15) is 29.5 Å². The molecule has 0 bridgehead atoms. The van der Waals surface area contributed by atoms with Gasteiger partial charge in [-0.25, -0.2) is 14.9 Å². The van der Waals surface area contributed by atoms with E-state index in [-0.39, 0.29) is 30.5 Å². The number of carbonyl (C=O) groups is 1. The number of hydrogen-bond acceptors (Lipinski definition) is 5. The number of aryl methyl sites for hydroxylation is 2. The standard InChI is InChI=1S/C22H22N6O3/c1-28-18-10-6-5-9-15(18)24-20(28)17(13-14-7-3-2-4-8-14)23-19(29)12-11-16-21(30)25-22(31)27-26-16/h2-10,17H,11-13H2,1H3,(H,23,29)(H2,25,27,30,31)/t17-/m0/s1. The Bertz CT molecular complexity index is 1320. The van der Waals surface area contributed by atoms with Crippen LogP contribution in [-0.2, 0) is 24.7 Å². The Balaban J connectivity index is 1.56. The zero-order valence-corrected chi connectivity index (χ0v) is 17.0. The van der Waals surface area contributed by atoms with Crippen molar-refractivity contribution < 1.29 is 4.79 Å². The van der Waals surface area contributed by atoms with E-state index in [1.165, 1.54) is 0 Å². The summed E-state index contributed by atoms with van der Waals surface area (Å²) in [6.07, 6.45) is 0.733. The lowest BCUT2D eigenvalue weighted by Crippen LogP contribution is -2.33. The summed E-state index contributed by atoms with van der Waals surface area (Å²) in [5.41, 5.74) is 1.75. The van der Waals surface area contributed by atoms with E-state index in [4.69, 9.17) is 4.98 Å². The molecule has 1 atom stereocenters. The lowest BCUT2D eigenvalue weighted by atomic mass is 10.0. The zero-order chi connectivity index (χ0) is 21.8. The maximum absolute atomic E-state index is 12.7.